The van der Waals surface area contributed by atoms with Gasteiger partial charge in [-0.05, 0) is 12.8 Å². The highest BCUT2D eigenvalue weighted by molar-refractivity contribution is 7.59. The van der Waals surface area contributed by atoms with Crippen LogP contribution in [0.15, 0.2) is 0 Å². The van der Waals surface area contributed by atoms with E-state index >= 15 is 0 Å². The molecule has 2 unspecified atom stereocenters. The lowest BCUT2D eigenvalue weighted by atomic mass is 9.92. The number of rotatable bonds is 1. The van der Waals surface area contributed by atoms with Crippen molar-refractivity contribution in [1.29, 1.82) is 0 Å². The summed E-state index contributed by atoms with van der Waals surface area (Å²) >= 11 is 0. The van der Waals surface area contributed by atoms with Crippen LogP contribution in [0.4, 0.5) is 0 Å². The Kier molecular flexibility index (Phi) is 4.54. The van der Waals surface area contributed by atoms with E-state index in [1.165, 1.54) is 0 Å². The molecule has 0 radical (unpaired) electrons. The zero-order valence-corrected chi connectivity index (χ0v) is 11.7. The average Bonchev–Trinajstić information content (AvgIpc) is 2.38. The predicted octanol–water partition coefficient (Wildman–Crippen LogP) is -0.275. The Balaban J connectivity index is 2.22. The number of carbonyl (C=O) groups is 3. The van der Waals surface area contributed by atoms with Gasteiger partial charge in [0.05, 0.1) is 12.1 Å². The van der Waals surface area contributed by atoms with Crippen molar-refractivity contribution in [3.05, 3.63) is 0 Å². The Bertz CT molecular complexity index is 432. The average molecular weight is 307 g/mol. The molecular formula is C10H16N2O7P+. The van der Waals surface area contributed by atoms with Gasteiger partial charge in [0.1, 0.15) is 0 Å². The summed E-state index contributed by atoms with van der Waals surface area (Å²) in [5.74, 6) is -3.56. The standard InChI is InChI=1S/C10H16N2O7P/c1-6(13)18-20(16)12-8-5-3-2-4-7(8)11-17-9(14)10(15)19-20/h7-8,11-12,16H,2-5H2,1H3/q+1/t7?,8-,20?/m0/s1. The second kappa shape index (κ2) is 6.01. The summed E-state index contributed by atoms with van der Waals surface area (Å²) in [5, 5.41) is 2.64. The van der Waals surface area contributed by atoms with Crippen LogP contribution in [0.2, 0.25) is 0 Å². The highest BCUT2D eigenvalue weighted by atomic mass is 31.2. The van der Waals surface area contributed by atoms with Gasteiger partial charge in [0.2, 0.25) is 0 Å². The number of hydrogen-bond donors (Lipinski definition) is 3. The van der Waals surface area contributed by atoms with Crippen molar-refractivity contribution in [1.82, 2.24) is 10.6 Å². The predicted molar refractivity (Wildman–Crippen MR) is 65.4 cm³/mol. The van der Waals surface area contributed by atoms with Crippen LogP contribution in [0.1, 0.15) is 32.6 Å². The van der Waals surface area contributed by atoms with Crippen LogP contribution in [0.25, 0.3) is 0 Å². The fourth-order valence-electron chi connectivity index (χ4n) is 2.20. The van der Waals surface area contributed by atoms with Crippen LogP contribution in [0.3, 0.4) is 0 Å². The van der Waals surface area contributed by atoms with Gasteiger partial charge in [0, 0.05) is 6.92 Å². The molecule has 20 heavy (non-hydrogen) atoms. The lowest BCUT2D eigenvalue weighted by Gasteiger charge is -2.30. The molecule has 112 valence electrons. The van der Waals surface area contributed by atoms with Gasteiger partial charge < -0.3 is 4.84 Å². The SMILES string of the molecule is CC(=O)O[P+]1(O)N[C@H]2CCCCC2NOC(=O)C(=O)O1. The maximum Gasteiger partial charge on any atom is 0.596 e. The largest absolute Gasteiger partial charge is 0.596 e. The van der Waals surface area contributed by atoms with Crippen molar-refractivity contribution in [2.24, 2.45) is 0 Å². The lowest BCUT2D eigenvalue weighted by molar-refractivity contribution is -0.169. The Morgan fingerprint density at radius 3 is 2.60 bits per heavy atom. The summed E-state index contributed by atoms with van der Waals surface area (Å²) in [6.07, 6.45) is 3.13. The van der Waals surface area contributed by atoms with Gasteiger partial charge in [-0.15, -0.1) is 5.48 Å². The van der Waals surface area contributed by atoms with Gasteiger partial charge in [0.25, 0.3) is 0 Å². The van der Waals surface area contributed by atoms with Crippen molar-refractivity contribution in [3.63, 3.8) is 0 Å². The Morgan fingerprint density at radius 2 is 1.95 bits per heavy atom. The van der Waals surface area contributed by atoms with E-state index in [4.69, 9.17) is 0 Å². The van der Waals surface area contributed by atoms with Crippen LogP contribution in [0.5, 0.6) is 0 Å². The van der Waals surface area contributed by atoms with E-state index in [1.807, 2.05) is 0 Å². The van der Waals surface area contributed by atoms with Gasteiger partial charge in [-0.2, -0.15) is 4.89 Å². The first-order valence-corrected chi connectivity index (χ1v) is 7.77. The van der Waals surface area contributed by atoms with E-state index in [0.717, 1.165) is 19.8 Å². The quantitative estimate of drug-likeness (QED) is 0.443. The number of hydrogen-bond acceptors (Lipinski definition) is 9. The smallest absolute Gasteiger partial charge is 0.361 e. The van der Waals surface area contributed by atoms with Gasteiger partial charge >= 0.3 is 26.0 Å². The van der Waals surface area contributed by atoms with Gasteiger partial charge in [0.15, 0.2) is 0 Å². The minimum atomic E-state index is -3.99. The second-order valence-corrected chi connectivity index (χ2v) is 6.28. The number of nitrogens with one attached hydrogen (secondary N) is 2. The summed E-state index contributed by atoms with van der Waals surface area (Å²) < 4.78 is 9.27. The third-order valence-electron chi connectivity index (χ3n) is 3.02. The van der Waals surface area contributed by atoms with E-state index in [2.05, 4.69) is 24.5 Å². The maximum atomic E-state index is 11.4. The monoisotopic (exact) mass is 307 g/mol. The molecule has 0 bridgehead atoms. The highest BCUT2D eigenvalue weighted by Gasteiger charge is 2.54. The van der Waals surface area contributed by atoms with E-state index in [1.54, 1.807) is 0 Å². The normalized spacial score (nSPS) is 34.7. The molecule has 0 amide bonds. The van der Waals surface area contributed by atoms with Crippen molar-refractivity contribution >= 4 is 26.0 Å². The third kappa shape index (κ3) is 3.63. The van der Waals surface area contributed by atoms with Gasteiger partial charge in [-0.3, -0.25) is 0 Å². The number of fused-ring (bicyclic) bond motifs is 1. The van der Waals surface area contributed by atoms with E-state index in [0.29, 0.717) is 12.8 Å². The minimum Gasteiger partial charge on any atom is -0.361 e. The van der Waals surface area contributed by atoms with Crippen molar-refractivity contribution in [3.8, 4) is 0 Å². The van der Waals surface area contributed by atoms with Crippen molar-refractivity contribution in [2.75, 3.05) is 0 Å². The molecular weight excluding hydrogens is 291 g/mol. The molecule has 1 saturated carbocycles. The molecule has 2 rings (SSSR count). The van der Waals surface area contributed by atoms with Crippen molar-refractivity contribution < 1.29 is 33.2 Å². The lowest BCUT2D eigenvalue weighted by Crippen LogP contribution is -2.49. The number of carbonyl (C=O) groups excluding carboxylic acids is 3. The molecule has 2 fully saturated rings. The van der Waals surface area contributed by atoms with Crippen LogP contribution in [-0.4, -0.2) is 34.9 Å². The van der Waals surface area contributed by atoms with E-state index in [9.17, 15) is 19.3 Å². The molecule has 1 heterocycles. The first-order chi connectivity index (χ1) is 9.39. The Morgan fingerprint density at radius 1 is 1.30 bits per heavy atom. The zero-order valence-electron chi connectivity index (χ0n) is 10.8. The fourth-order valence-corrected chi connectivity index (χ4v) is 3.72. The topological polar surface area (TPSA) is 123 Å². The summed E-state index contributed by atoms with van der Waals surface area (Å²) in [5.41, 5.74) is 2.49. The molecule has 2 aliphatic rings. The first kappa shape index (κ1) is 15.1. The van der Waals surface area contributed by atoms with Gasteiger partial charge in [-0.1, -0.05) is 17.9 Å². The Hall–Kier alpha value is -1.28. The summed E-state index contributed by atoms with van der Waals surface area (Å²) in [6.45, 7) is 1.06. The molecule has 3 N–H and O–H groups in total. The molecule has 0 aromatic rings. The molecule has 10 heteroatoms. The van der Waals surface area contributed by atoms with E-state index < -0.39 is 26.0 Å². The number of hydroxylamine groups is 1. The van der Waals surface area contributed by atoms with E-state index in [-0.39, 0.29) is 12.1 Å². The first-order valence-electron chi connectivity index (χ1n) is 6.19. The third-order valence-corrected chi connectivity index (χ3v) is 4.60. The van der Waals surface area contributed by atoms with Gasteiger partial charge in [-0.25, -0.2) is 23.4 Å². The van der Waals surface area contributed by atoms with Crippen LogP contribution in [0, 0.1) is 0 Å². The highest BCUT2D eigenvalue weighted by Crippen LogP contribution is 2.54. The van der Waals surface area contributed by atoms with Crippen LogP contribution < -0.4 is 10.6 Å². The molecule has 3 atom stereocenters. The molecule has 9 nitrogen and oxygen atoms in total. The second-order valence-electron chi connectivity index (χ2n) is 4.62. The maximum absolute atomic E-state index is 11.4. The molecule has 1 aliphatic carbocycles. The fraction of sp³-hybridized carbons (Fsp3) is 0.700. The minimum absolute atomic E-state index is 0.302. The molecule has 0 spiro atoms. The summed E-state index contributed by atoms with van der Waals surface area (Å²) in [6, 6.07) is -0.649. The Labute approximate surface area is 115 Å². The summed E-state index contributed by atoms with van der Waals surface area (Å²) in [4.78, 5) is 48.6. The molecule has 1 aliphatic heterocycles. The molecule has 0 aromatic heterocycles. The molecule has 1 saturated heterocycles. The zero-order chi connectivity index (χ0) is 14.8. The molecule has 0 aromatic carbocycles. The van der Waals surface area contributed by atoms with Crippen LogP contribution >= 0.6 is 8.09 Å². The summed E-state index contributed by atoms with van der Waals surface area (Å²) in [7, 11) is -3.99. The van der Waals surface area contributed by atoms with Crippen molar-refractivity contribution in [2.45, 2.75) is 44.7 Å². The van der Waals surface area contributed by atoms with Crippen LogP contribution in [-0.2, 0) is 28.3 Å².